The number of rotatable bonds is 1. The van der Waals surface area contributed by atoms with Gasteiger partial charge < -0.3 is 9.64 Å². The molecule has 0 N–H and O–H groups in total. The molecule has 4 heteroatoms. The highest BCUT2D eigenvalue weighted by Gasteiger charge is 2.65. The van der Waals surface area contributed by atoms with E-state index in [0.717, 1.165) is 19.3 Å². The van der Waals surface area contributed by atoms with Crippen LogP contribution in [-0.2, 0) is 14.3 Å². The van der Waals surface area contributed by atoms with E-state index in [4.69, 9.17) is 4.74 Å². The second-order valence-corrected chi connectivity index (χ2v) is 6.48. The van der Waals surface area contributed by atoms with Crippen LogP contribution in [-0.4, -0.2) is 42.9 Å². The van der Waals surface area contributed by atoms with Crippen molar-refractivity contribution in [2.24, 2.45) is 16.7 Å². The molecular formula is C14H21NO3. The normalized spacial score (nSPS) is 38.2. The zero-order valence-electron chi connectivity index (χ0n) is 11.2. The molecule has 4 nitrogen and oxygen atoms in total. The van der Waals surface area contributed by atoms with Gasteiger partial charge in [0.25, 0.3) is 0 Å². The van der Waals surface area contributed by atoms with Gasteiger partial charge in [-0.15, -0.1) is 0 Å². The third-order valence-corrected chi connectivity index (χ3v) is 5.26. The summed E-state index contributed by atoms with van der Waals surface area (Å²) < 4.78 is 5.28. The third-order valence-electron chi connectivity index (χ3n) is 5.26. The summed E-state index contributed by atoms with van der Waals surface area (Å²) in [5.41, 5.74) is -0.994. The number of fused-ring (bicyclic) bond motifs is 2. The molecule has 3 rings (SSSR count). The van der Waals surface area contributed by atoms with Crippen molar-refractivity contribution in [1.29, 1.82) is 0 Å². The molecule has 1 amide bonds. The Bertz CT molecular complexity index is 398. The Balaban J connectivity index is 1.87. The minimum Gasteiger partial charge on any atom is -0.378 e. The molecule has 3 aliphatic rings. The van der Waals surface area contributed by atoms with Crippen LogP contribution >= 0.6 is 0 Å². The van der Waals surface area contributed by atoms with Crippen molar-refractivity contribution < 1.29 is 14.3 Å². The Labute approximate surface area is 108 Å². The molecule has 18 heavy (non-hydrogen) atoms. The van der Waals surface area contributed by atoms with Crippen molar-refractivity contribution in [3.8, 4) is 0 Å². The first-order chi connectivity index (χ1) is 8.48. The Kier molecular flexibility index (Phi) is 2.56. The number of Topliss-reactive ketones (excluding diaryl/α,β-unsaturated/α-hetero) is 1. The highest BCUT2D eigenvalue weighted by atomic mass is 16.5. The monoisotopic (exact) mass is 251 g/mol. The van der Waals surface area contributed by atoms with Gasteiger partial charge in [-0.3, -0.25) is 9.59 Å². The Morgan fingerprint density at radius 1 is 1.33 bits per heavy atom. The molecule has 2 saturated carbocycles. The molecular weight excluding hydrogens is 230 g/mol. The van der Waals surface area contributed by atoms with E-state index in [9.17, 15) is 9.59 Å². The van der Waals surface area contributed by atoms with Crippen LogP contribution in [0.1, 0.15) is 33.1 Å². The van der Waals surface area contributed by atoms with Crippen molar-refractivity contribution in [1.82, 2.24) is 4.90 Å². The number of hydrogen-bond donors (Lipinski definition) is 0. The van der Waals surface area contributed by atoms with Crippen LogP contribution in [0.4, 0.5) is 0 Å². The summed E-state index contributed by atoms with van der Waals surface area (Å²) in [6.07, 6.45) is 2.56. The highest BCUT2D eigenvalue weighted by molar-refractivity contribution is 6.10. The van der Waals surface area contributed by atoms with Gasteiger partial charge in [-0.2, -0.15) is 0 Å². The second kappa shape index (κ2) is 3.80. The molecule has 0 aromatic heterocycles. The van der Waals surface area contributed by atoms with Crippen LogP contribution in [0.2, 0.25) is 0 Å². The fourth-order valence-electron chi connectivity index (χ4n) is 4.03. The van der Waals surface area contributed by atoms with Gasteiger partial charge in [0.1, 0.15) is 5.41 Å². The van der Waals surface area contributed by atoms with E-state index in [1.54, 1.807) is 0 Å². The lowest BCUT2D eigenvalue weighted by Gasteiger charge is -2.37. The summed E-state index contributed by atoms with van der Waals surface area (Å²) >= 11 is 0. The van der Waals surface area contributed by atoms with E-state index >= 15 is 0 Å². The summed E-state index contributed by atoms with van der Waals surface area (Å²) in [7, 11) is 0. The zero-order valence-corrected chi connectivity index (χ0v) is 11.2. The molecule has 0 aromatic carbocycles. The topological polar surface area (TPSA) is 46.6 Å². The number of nitrogens with zero attached hydrogens (tertiary/aromatic N) is 1. The maximum absolute atomic E-state index is 12.7. The van der Waals surface area contributed by atoms with Gasteiger partial charge in [0, 0.05) is 18.5 Å². The van der Waals surface area contributed by atoms with Gasteiger partial charge in [-0.1, -0.05) is 13.8 Å². The molecule has 0 spiro atoms. The fourth-order valence-corrected chi connectivity index (χ4v) is 4.03. The molecule has 3 fully saturated rings. The van der Waals surface area contributed by atoms with Gasteiger partial charge in [-0.25, -0.2) is 0 Å². The fraction of sp³-hybridized carbons (Fsp3) is 0.857. The van der Waals surface area contributed by atoms with Gasteiger partial charge in [0.05, 0.1) is 13.2 Å². The van der Waals surface area contributed by atoms with E-state index < -0.39 is 5.41 Å². The molecule has 1 aliphatic heterocycles. The van der Waals surface area contributed by atoms with Crippen LogP contribution in [0.25, 0.3) is 0 Å². The number of ether oxygens (including phenoxy) is 1. The Hall–Kier alpha value is -0.900. The SMILES string of the molecule is CC1(C)C(=O)[C@@]2(C(=O)N3CCOCC3)CC[C@H]1C2. The highest BCUT2D eigenvalue weighted by Crippen LogP contribution is 2.60. The van der Waals surface area contributed by atoms with Gasteiger partial charge in [0.2, 0.25) is 5.91 Å². The lowest BCUT2D eigenvalue weighted by atomic mass is 9.70. The number of hydrogen-bond acceptors (Lipinski definition) is 3. The first-order valence-electron chi connectivity index (χ1n) is 6.90. The van der Waals surface area contributed by atoms with Crippen molar-refractivity contribution in [3.05, 3.63) is 0 Å². The third kappa shape index (κ3) is 1.41. The summed E-state index contributed by atoms with van der Waals surface area (Å²) in [4.78, 5) is 27.2. The van der Waals surface area contributed by atoms with E-state index in [-0.39, 0.29) is 17.1 Å². The zero-order chi connectivity index (χ0) is 13.0. The van der Waals surface area contributed by atoms with E-state index in [1.165, 1.54) is 0 Å². The van der Waals surface area contributed by atoms with Gasteiger partial charge >= 0.3 is 0 Å². The average Bonchev–Trinajstić information content (AvgIpc) is 2.90. The number of ketones is 1. The molecule has 2 bridgehead atoms. The molecule has 0 aromatic rings. The molecule has 2 atom stereocenters. The summed E-state index contributed by atoms with van der Waals surface area (Å²) in [5, 5.41) is 0. The van der Waals surface area contributed by atoms with Crippen LogP contribution < -0.4 is 0 Å². The predicted molar refractivity (Wildman–Crippen MR) is 66.0 cm³/mol. The summed E-state index contributed by atoms with van der Waals surface area (Å²) in [6.45, 7) is 6.49. The minimum absolute atomic E-state index is 0.0730. The minimum atomic E-state index is -0.689. The smallest absolute Gasteiger partial charge is 0.236 e. The van der Waals surface area contributed by atoms with E-state index in [1.807, 2.05) is 18.7 Å². The lowest BCUT2D eigenvalue weighted by molar-refractivity contribution is -0.154. The molecule has 1 saturated heterocycles. The van der Waals surface area contributed by atoms with Crippen molar-refractivity contribution in [3.63, 3.8) is 0 Å². The van der Waals surface area contributed by atoms with Gasteiger partial charge in [0.15, 0.2) is 5.78 Å². The Morgan fingerprint density at radius 2 is 2.00 bits per heavy atom. The van der Waals surface area contributed by atoms with Crippen molar-refractivity contribution in [2.75, 3.05) is 26.3 Å². The number of carbonyl (C=O) groups is 2. The first kappa shape index (κ1) is 12.2. The largest absolute Gasteiger partial charge is 0.378 e. The van der Waals surface area contributed by atoms with E-state index in [2.05, 4.69) is 0 Å². The van der Waals surface area contributed by atoms with Crippen molar-refractivity contribution in [2.45, 2.75) is 33.1 Å². The lowest BCUT2D eigenvalue weighted by Crippen LogP contribution is -2.52. The standard InChI is InChI=1S/C14H21NO3/c1-13(2)10-3-4-14(9-10,11(13)16)12(17)15-5-7-18-8-6-15/h10H,3-9H2,1-2H3/t10-,14+/m0/s1. The van der Waals surface area contributed by atoms with Gasteiger partial charge in [-0.05, 0) is 25.2 Å². The molecule has 0 radical (unpaired) electrons. The summed E-state index contributed by atoms with van der Waals surface area (Å²) in [6, 6.07) is 0. The van der Waals surface area contributed by atoms with Crippen LogP contribution in [0.5, 0.6) is 0 Å². The first-order valence-corrected chi connectivity index (χ1v) is 6.90. The number of amides is 1. The predicted octanol–water partition coefficient (Wildman–Crippen LogP) is 1.24. The van der Waals surface area contributed by atoms with Crippen molar-refractivity contribution >= 4 is 11.7 Å². The number of morpholine rings is 1. The number of carbonyl (C=O) groups excluding carboxylic acids is 2. The second-order valence-electron chi connectivity index (χ2n) is 6.48. The maximum Gasteiger partial charge on any atom is 0.236 e. The van der Waals surface area contributed by atoms with E-state index in [0.29, 0.717) is 32.2 Å². The average molecular weight is 251 g/mol. The van der Waals surface area contributed by atoms with Crippen LogP contribution in [0.15, 0.2) is 0 Å². The Morgan fingerprint density at radius 3 is 2.56 bits per heavy atom. The molecule has 1 heterocycles. The molecule has 0 unspecified atom stereocenters. The van der Waals surface area contributed by atoms with Crippen LogP contribution in [0.3, 0.4) is 0 Å². The van der Waals surface area contributed by atoms with Crippen LogP contribution in [0, 0.1) is 16.7 Å². The quantitative estimate of drug-likeness (QED) is 0.659. The summed E-state index contributed by atoms with van der Waals surface area (Å²) in [5.74, 6) is 0.654. The molecule has 2 aliphatic carbocycles. The molecule has 100 valence electrons. The maximum atomic E-state index is 12.7.